The van der Waals surface area contributed by atoms with Gasteiger partial charge >= 0.3 is 0 Å². The molecule has 0 fully saturated rings. The lowest BCUT2D eigenvalue weighted by atomic mass is 10.1. The first-order valence-corrected chi connectivity index (χ1v) is 8.75. The van der Waals surface area contributed by atoms with Crippen LogP contribution in [-0.2, 0) is 11.2 Å². The number of halogens is 1. The lowest BCUT2D eigenvalue weighted by Gasteiger charge is -2.06. The van der Waals surface area contributed by atoms with Gasteiger partial charge in [0.15, 0.2) is 0 Å². The van der Waals surface area contributed by atoms with Crippen LogP contribution in [-0.4, -0.2) is 21.9 Å². The Morgan fingerprint density at radius 1 is 1.22 bits per heavy atom. The third-order valence-corrected chi connectivity index (χ3v) is 4.69. The highest BCUT2D eigenvalue weighted by molar-refractivity contribution is 7.10. The molecule has 6 nitrogen and oxygen atoms in total. The van der Waals surface area contributed by atoms with Gasteiger partial charge in [0.25, 0.3) is 5.91 Å². The number of amides is 2. The molecule has 140 valence electrons. The second-order valence-electron chi connectivity index (χ2n) is 5.76. The number of aromatic nitrogens is 1. The van der Waals surface area contributed by atoms with Crippen molar-refractivity contribution in [3.05, 3.63) is 64.0 Å². The van der Waals surface area contributed by atoms with Gasteiger partial charge in [-0.2, -0.15) is 0 Å². The molecule has 0 bridgehead atoms. The number of anilines is 1. The molecule has 27 heavy (non-hydrogen) atoms. The summed E-state index contributed by atoms with van der Waals surface area (Å²) < 4.78 is 0. The lowest BCUT2D eigenvalue weighted by Crippen LogP contribution is -2.15. The van der Waals surface area contributed by atoms with E-state index in [4.69, 9.17) is 5.73 Å². The van der Waals surface area contributed by atoms with E-state index in [0.29, 0.717) is 16.3 Å². The number of phenols is 1. The van der Waals surface area contributed by atoms with Gasteiger partial charge in [-0.25, -0.2) is 4.98 Å². The van der Waals surface area contributed by atoms with Gasteiger partial charge in [0.1, 0.15) is 10.8 Å². The molecule has 0 radical (unpaired) electrons. The maximum Gasteiger partial charge on any atom is 0.252 e. The molecule has 0 saturated heterocycles. The molecule has 2 aromatic carbocycles. The molecule has 0 aliphatic carbocycles. The summed E-state index contributed by atoms with van der Waals surface area (Å²) in [4.78, 5) is 28.0. The minimum absolute atomic E-state index is 0. The fourth-order valence-electron chi connectivity index (χ4n) is 2.46. The van der Waals surface area contributed by atoms with E-state index < -0.39 is 5.91 Å². The predicted molar refractivity (Wildman–Crippen MR) is 108 cm³/mol. The Morgan fingerprint density at radius 2 is 1.96 bits per heavy atom. The number of thiazole rings is 1. The Hall–Kier alpha value is -2.90. The van der Waals surface area contributed by atoms with Crippen LogP contribution in [0, 0.1) is 6.92 Å². The zero-order chi connectivity index (χ0) is 18.7. The minimum Gasteiger partial charge on any atom is -0.507 e. The molecule has 0 unspecified atom stereocenters. The van der Waals surface area contributed by atoms with Crippen LogP contribution in [0.4, 0.5) is 5.69 Å². The SMILES string of the molecule is Cc1ccccc1NC(=O)Cc1nc(-c2ccc(O)c(C(N)=O)c2)cs1.Cl. The number of benzene rings is 2. The van der Waals surface area contributed by atoms with Crippen LogP contribution in [0.25, 0.3) is 11.3 Å². The fraction of sp³-hybridized carbons (Fsp3) is 0.105. The third kappa shape index (κ3) is 4.84. The summed E-state index contributed by atoms with van der Waals surface area (Å²) in [6.45, 7) is 1.93. The van der Waals surface area contributed by atoms with Crippen LogP contribution in [0.1, 0.15) is 20.9 Å². The van der Waals surface area contributed by atoms with Crippen LogP contribution in [0.15, 0.2) is 47.8 Å². The van der Waals surface area contributed by atoms with Crippen molar-refractivity contribution >= 4 is 41.2 Å². The first kappa shape index (κ1) is 20.4. The Kier molecular flexibility index (Phi) is 6.55. The maximum absolute atomic E-state index is 12.2. The van der Waals surface area contributed by atoms with Crippen molar-refractivity contribution < 1.29 is 14.7 Å². The summed E-state index contributed by atoms with van der Waals surface area (Å²) in [5.74, 6) is -1.03. The smallest absolute Gasteiger partial charge is 0.252 e. The summed E-state index contributed by atoms with van der Waals surface area (Å²) in [7, 11) is 0. The summed E-state index contributed by atoms with van der Waals surface area (Å²) in [6.07, 6.45) is 0.153. The monoisotopic (exact) mass is 403 g/mol. The Bertz CT molecular complexity index is 988. The van der Waals surface area contributed by atoms with Crippen molar-refractivity contribution in [2.75, 3.05) is 5.32 Å². The van der Waals surface area contributed by atoms with Gasteiger partial charge < -0.3 is 16.2 Å². The number of nitrogens with two attached hydrogens (primary N) is 1. The first-order chi connectivity index (χ1) is 12.4. The molecule has 1 aromatic heterocycles. The van der Waals surface area contributed by atoms with E-state index in [1.807, 2.05) is 31.2 Å². The second kappa shape index (κ2) is 8.66. The number of nitrogens with zero attached hydrogens (tertiary/aromatic N) is 1. The zero-order valence-corrected chi connectivity index (χ0v) is 16.1. The van der Waals surface area contributed by atoms with Crippen molar-refractivity contribution in [2.45, 2.75) is 13.3 Å². The van der Waals surface area contributed by atoms with E-state index in [1.54, 1.807) is 11.4 Å². The van der Waals surface area contributed by atoms with Crippen LogP contribution < -0.4 is 11.1 Å². The van der Waals surface area contributed by atoms with E-state index in [0.717, 1.165) is 11.3 Å². The van der Waals surface area contributed by atoms with Gasteiger partial charge in [0.2, 0.25) is 5.91 Å². The number of rotatable bonds is 5. The predicted octanol–water partition coefficient (Wildman–Crippen LogP) is 3.53. The molecule has 3 rings (SSSR count). The highest BCUT2D eigenvalue weighted by Gasteiger charge is 2.13. The summed E-state index contributed by atoms with van der Waals surface area (Å²) in [5, 5.41) is 15.0. The van der Waals surface area contributed by atoms with Crippen molar-refractivity contribution in [1.82, 2.24) is 4.98 Å². The van der Waals surface area contributed by atoms with Crippen molar-refractivity contribution in [2.24, 2.45) is 5.73 Å². The number of carbonyl (C=O) groups excluding carboxylic acids is 2. The van der Waals surface area contributed by atoms with Gasteiger partial charge in [-0.1, -0.05) is 18.2 Å². The second-order valence-corrected chi connectivity index (χ2v) is 6.71. The minimum atomic E-state index is -0.711. The van der Waals surface area contributed by atoms with E-state index in [-0.39, 0.29) is 36.0 Å². The molecule has 0 saturated carbocycles. The van der Waals surface area contributed by atoms with Gasteiger partial charge in [-0.15, -0.1) is 23.7 Å². The summed E-state index contributed by atoms with van der Waals surface area (Å²) in [5.41, 5.74) is 8.32. The largest absolute Gasteiger partial charge is 0.507 e. The van der Waals surface area contributed by atoms with Crippen LogP contribution >= 0.6 is 23.7 Å². The fourth-order valence-corrected chi connectivity index (χ4v) is 3.26. The number of nitrogens with one attached hydrogen (secondary N) is 1. The number of hydrogen-bond acceptors (Lipinski definition) is 5. The molecule has 1 heterocycles. The van der Waals surface area contributed by atoms with Crippen LogP contribution in [0.5, 0.6) is 5.75 Å². The van der Waals surface area contributed by atoms with E-state index >= 15 is 0 Å². The summed E-state index contributed by atoms with van der Waals surface area (Å²) in [6, 6.07) is 12.1. The van der Waals surface area contributed by atoms with E-state index in [1.165, 1.54) is 23.5 Å². The normalized spacial score (nSPS) is 10.1. The summed E-state index contributed by atoms with van der Waals surface area (Å²) >= 11 is 1.36. The number of primary amides is 1. The number of aromatic hydroxyl groups is 1. The van der Waals surface area contributed by atoms with E-state index in [9.17, 15) is 14.7 Å². The molecule has 0 spiro atoms. The Morgan fingerprint density at radius 3 is 2.67 bits per heavy atom. The average Bonchev–Trinajstić information content (AvgIpc) is 3.05. The molecule has 4 N–H and O–H groups in total. The molecular formula is C19H18ClN3O3S. The number of carbonyl (C=O) groups is 2. The maximum atomic E-state index is 12.2. The first-order valence-electron chi connectivity index (χ1n) is 7.87. The molecule has 2 amide bonds. The van der Waals surface area contributed by atoms with Gasteiger partial charge in [-0.05, 0) is 36.8 Å². The molecule has 3 aromatic rings. The molecule has 0 aliphatic rings. The van der Waals surface area contributed by atoms with Crippen molar-refractivity contribution in [3.63, 3.8) is 0 Å². The van der Waals surface area contributed by atoms with Crippen LogP contribution in [0.3, 0.4) is 0 Å². The lowest BCUT2D eigenvalue weighted by molar-refractivity contribution is -0.115. The topological polar surface area (TPSA) is 105 Å². The average molecular weight is 404 g/mol. The quantitative estimate of drug-likeness (QED) is 0.605. The molecule has 0 aliphatic heterocycles. The zero-order valence-electron chi connectivity index (χ0n) is 14.4. The number of para-hydroxylation sites is 1. The molecule has 8 heteroatoms. The highest BCUT2D eigenvalue weighted by atomic mass is 35.5. The van der Waals surface area contributed by atoms with Crippen molar-refractivity contribution in [1.29, 1.82) is 0 Å². The number of aryl methyl sites for hydroxylation is 1. The van der Waals surface area contributed by atoms with Gasteiger partial charge in [-0.3, -0.25) is 9.59 Å². The Labute approximate surface area is 166 Å². The molecule has 0 atom stereocenters. The van der Waals surface area contributed by atoms with Gasteiger partial charge in [0.05, 0.1) is 17.7 Å². The highest BCUT2D eigenvalue weighted by Crippen LogP contribution is 2.27. The Balaban J connectivity index is 0.00000261. The van der Waals surface area contributed by atoms with Crippen molar-refractivity contribution in [3.8, 4) is 17.0 Å². The number of hydrogen-bond donors (Lipinski definition) is 3. The van der Waals surface area contributed by atoms with Gasteiger partial charge in [0, 0.05) is 16.6 Å². The standard InChI is InChI=1S/C19H17N3O3S.ClH/c1-11-4-2-3-5-14(11)21-17(24)9-18-22-15(10-26-18)12-6-7-16(23)13(8-12)19(20)25;/h2-8,10,23H,9H2,1H3,(H2,20,25)(H,21,24);1H. The third-order valence-electron chi connectivity index (χ3n) is 3.84. The van der Waals surface area contributed by atoms with E-state index in [2.05, 4.69) is 10.3 Å². The molecular weight excluding hydrogens is 386 g/mol. The van der Waals surface area contributed by atoms with Crippen LogP contribution in [0.2, 0.25) is 0 Å².